The van der Waals surface area contributed by atoms with Gasteiger partial charge >= 0.3 is 0 Å². The molecule has 3 rings (SSSR count). The van der Waals surface area contributed by atoms with E-state index in [9.17, 15) is 4.79 Å². The third-order valence-corrected chi connectivity index (χ3v) is 5.56. The van der Waals surface area contributed by atoms with Crippen LogP contribution in [0, 0.1) is 18.8 Å². The quantitative estimate of drug-likeness (QED) is 0.732. The average molecular weight is 397 g/mol. The van der Waals surface area contributed by atoms with E-state index in [1.807, 2.05) is 25.1 Å². The summed E-state index contributed by atoms with van der Waals surface area (Å²) < 4.78 is 11.6. The van der Waals surface area contributed by atoms with Crippen LogP contribution in [0.15, 0.2) is 18.2 Å². The highest BCUT2D eigenvalue weighted by Crippen LogP contribution is 2.29. The molecule has 2 fully saturated rings. The van der Waals surface area contributed by atoms with Gasteiger partial charge in [0.05, 0.1) is 11.8 Å². The van der Waals surface area contributed by atoms with E-state index in [0.717, 1.165) is 62.4 Å². The van der Waals surface area contributed by atoms with E-state index in [1.54, 1.807) is 0 Å². The normalized spacial score (nSPS) is 21.3. The first-order valence-corrected chi connectivity index (χ1v) is 9.97. The zero-order valence-corrected chi connectivity index (χ0v) is 17.3. The minimum atomic E-state index is 0. The Morgan fingerprint density at radius 3 is 2.81 bits per heavy atom. The molecule has 0 radical (unpaired) electrons. The summed E-state index contributed by atoms with van der Waals surface area (Å²) in [6.07, 6.45) is 5.19. The van der Waals surface area contributed by atoms with Crippen molar-refractivity contribution < 1.29 is 14.3 Å². The van der Waals surface area contributed by atoms with Gasteiger partial charge < -0.3 is 20.1 Å². The first kappa shape index (κ1) is 22.0. The highest BCUT2D eigenvalue weighted by Gasteiger charge is 2.23. The standard InChI is InChI=1S/C21H32N2O3.ClH/c1-15-5-6-19(20(12-15)26-14-18-4-3-11-25-18)23-21(24)13-16(2)17-7-9-22-10-8-17;/h5-6,12,16-18,22H,3-4,7-11,13-14H2,1-2H3,(H,23,24);1H. The van der Waals surface area contributed by atoms with Gasteiger partial charge in [0.1, 0.15) is 12.4 Å². The van der Waals surface area contributed by atoms with Gasteiger partial charge in [-0.2, -0.15) is 0 Å². The number of nitrogens with one attached hydrogen (secondary N) is 2. The van der Waals surface area contributed by atoms with Crippen molar-refractivity contribution in [2.45, 2.75) is 52.1 Å². The van der Waals surface area contributed by atoms with E-state index in [-0.39, 0.29) is 24.4 Å². The fraction of sp³-hybridized carbons (Fsp3) is 0.667. The molecule has 6 heteroatoms. The number of carbonyl (C=O) groups excluding carboxylic acids is 1. The maximum atomic E-state index is 12.6. The molecule has 0 aromatic heterocycles. The monoisotopic (exact) mass is 396 g/mol. The number of halogens is 1. The van der Waals surface area contributed by atoms with E-state index in [2.05, 4.69) is 17.6 Å². The zero-order valence-electron chi connectivity index (χ0n) is 16.5. The number of carbonyl (C=O) groups is 1. The number of anilines is 1. The second-order valence-electron chi connectivity index (χ2n) is 7.76. The van der Waals surface area contributed by atoms with Crippen LogP contribution in [0.5, 0.6) is 5.75 Å². The van der Waals surface area contributed by atoms with E-state index >= 15 is 0 Å². The van der Waals surface area contributed by atoms with Gasteiger partial charge in [0.15, 0.2) is 0 Å². The van der Waals surface area contributed by atoms with Crippen LogP contribution in [-0.4, -0.2) is 38.3 Å². The summed E-state index contributed by atoms with van der Waals surface area (Å²) in [5.74, 6) is 1.85. The van der Waals surface area contributed by atoms with Gasteiger partial charge in [0.2, 0.25) is 5.91 Å². The van der Waals surface area contributed by atoms with Crippen molar-refractivity contribution in [3.63, 3.8) is 0 Å². The van der Waals surface area contributed by atoms with Crippen LogP contribution in [0.25, 0.3) is 0 Å². The van der Waals surface area contributed by atoms with Crippen molar-refractivity contribution >= 4 is 24.0 Å². The summed E-state index contributed by atoms with van der Waals surface area (Å²) in [5, 5.41) is 6.45. The van der Waals surface area contributed by atoms with Gasteiger partial charge in [-0.15, -0.1) is 12.4 Å². The summed E-state index contributed by atoms with van der Waals surface area (Å²) in [7, 11) is 0. The molecule has 2 unspecified atom stereocenters. The molecule has 1 amide bonds. The predicted octanol–water partition coefficient (Wildman–Crippen LogP) is 3.94. The summed E-state index contributed by atoms with van der Waals surface area (Å²) >= 11 is 0. The molecule has 5 nitrogen and oxygen atoms in total. The van der Waals surface area contributed by atoms with Crippen molar-refractivity contribution in [1.29, 1.82) is 0 Å². The molecule has 1 aromatic rings. The number of piperidine rings is 1. The van der Waals surface area contributed by atoms with Gasteiger partial charge in [0, 0.05) is 13.0 Å². The summed E-state index contributed by atoms with van der Waals surface area (Å²) in [4.78, 5) is 12.6. The molecule has 27 heavy (non-hydrogen) atoms. The third kappa shape index (κ3) is 6.66. The lowest BCUT2D eigenvalue weighted by atomic mass is 9.84. The lowest BCUT2D eigenvalue weighted by molar-refractivity contribution is -0.117. The second-order valence-corrected chi connectivity index (χ2v) is 7.76. The summed E-state index contributed by atoms with van der Waals surface area (Å²) in [5.41, 5.74) is 1.88. The van der Waals surface area contributed by atoms with Gasteiger partial charge in [-0.05, 0) is 75.2 Å². The van der Waals surface area contributed by atoms with Crippen molar-refractivity contribution in [2.75, 3.05) is 31.6 Å². The first-order chi connectivity index (χ1) is 12.6. The first-order valence-electron chi connectivity index (χ1n) is 9.97. The Kier molecular flexibility index (Phi) is 8.87. The number of hydrogen-bond donors (Lipinski definition) is 2. The van der Waals surface area contributed by atoms with E-state index in [0.29, 0.717) is 24.9 Å². The van der Waals surface area contributed by atoms with Crippen molar-refractivity contribution in [2.24, 2.45) is 11.8 Å². The Morgan fingerprint density at radius 2 is 2.11 bits per heavy atom. The molecule has 152 valence electrons. The van der Waals surface area contributed by atoms with Crippen LogP contribution in [0.2, 0.25) is 0 Å². The number of rotatable bonds is 7. The molecule has 2 atom stereocenters. The molecule has 2 N–H and O–H groups in total. The molecule has 2 heterocycles. The minimum absolute atomic E-state index is 0. The van der Waals surface area contributed by atoms with Crippen LogP contribution >= 0.6 is 12.4 Å². The number of aryl methyl sites for hydroxylation is 1. The SMILES string of the molecule is Cc1ccc(NC(=O)CC(C)C2CCNCC2)c(OCC2CCCO2)c1.Cl. The minimum Gasteiger partial charge on any atom is -0.489 e. The van der Waals surface area contributed by atoms with Crippen LogP contribution in [0.4, 0.5) is 5.69 Å². The Labute approximate surface area is 169 Å². The van der Waals surface area contributed by atoms with Gasteiger partial charge in [0.25, 0.3) is 0 Å². The van der Waals surface area contributed by atoms with Gasteiger partial charge in [-0.3, -0.25) is 4.79 Å². The Balaban J connectivity index is 0.00000261. The molecular weight excluding hydrogens is 364 g/mol. The fourth-order valence-electron chi connectivity index (χ4n) is 3.88. The van der Waals surface area contributed by atoms with Crippen LogP contribution in [0.1, 0.15) is 44.6 Å². The number of hydrogen-bond acceptors (Lipinski definition) is 4. The van der Waals surface area contributed by atoms with E-state index in [4.69, 9.17) is 9.47 Å². The topological polar surface area (TPSA) is 59.6 Å². The lowest BCUT2D eigenvalue weighted by Crippen LogP contribution is -2.32. The molecule has 0 saturated carbocycles. The van der Waals surface area contributed by atoms with E-state index in [1.165, 1.54) is 0 Å². The molecule has 2 aliphatic rings. The molecular formula is C21H33ClN2O3. The molecule has 1 aromatic carbocycles. The Bertz CT molecular complexity index is 599. The molecule has 0 bridgehead atoms. The van der Waals surface area contributed by atoms with Gasteiger partial charge in [-0.25, -0.2) is 0 Å². The maximum absolute atomic E-state index is 12.6. The van der Waals surface area contributed by atoms with Crippen LogP contribution < -0.4 is 15.4 Å². The maximum Gasteiger partial charge on any atom is 0.224 e. The second kappa shape index (κ2) is 10.9. The largest absolute Gasteiger partial charge is 0.489 e. The number of amides is 1. The van der Waals surface area contributed by atoms with Crippen molar-refractivity contribution in [3.05, 3.63) is 23.8 Å². The number of benzene rings is 1. The van der Waals surface area contributed by atoms with E-state index < -0.39 is 0 Å². The van der Waals surface area contributed by atoms with Crippen molar-refractivity contribution in [1.82, 2.24) is 5.32 Å². The lowest BCUT2D eigenvalue weighted by Gasteiger charge is -2.28. The summed E-state index contributed by atoms with van der Waals surface area (Å²) in [6.45, 7) is 7.71. The number of ether oxygens (including phenoxy) is 2. The Morgan fingerprint density at radius 1 is 1.33 bits per heavy atom. The van der Waals surface area contributed by atoms with Crippen molar-refractivity contribution in [3.8, 4) is 5.75 Å². The highest BCUT2D eigenvalue weighted by molar-refractivity contribution is 5.92. The molecule has 2 aliphatic heterocycles. The van der Waals surface area contributed by atoms with Crippen LogP contribution in [-0.2, 0) is 9.53 Å². The zero-order chi connectivity index (χ0) is 18.4. The molecule has 0 aliphatic carbocycles. The fourth-order valence-corrected chi connectivity index (χ4v) is 3.88. The molecule has 0 spiro atoms. The molecule has 2 saturated heterocycles. The highest BCUT2D eigenvalue weighted by atomic mass is 35.5. The predicted molar refractivity (Wildman–Crippen MR) is 111 cm³/mol. The summed E-state index contributed by atoms with van der Waals surface area (Å²) in [6, 6.07) is 5.93. The third-order valence-electron chi connectivity index (χ3n) is 5.56. The average Bonchev–Trinajstić information content (AvgIpc) is 3.16. The van der Waals surface area contributed by atoms with Crippen LogP contribution in [0.3, 0.4) is 0 Å². The Hall–Kier alpha value is -1.30. The smallest absolute Gasteiger partial charge is 0.224 e. The van der Waals surface area contributed by atoms with Gasteiger partial charge in [-0.1, -0.05) is 13.0 Å².